The second-order valence-electron chi connectivity index (χ2n) is 22.1. The van der Waals surface area contributed by atoms with Gasteiger partial charge in [0.1, 0.15) is 0 Å². The SMILES string of the molecule is C=CC.c1ccc(N(c2ccccc2)c2cc(-c3cc(-c4ccc5c(c4)c4ccccc4n5-c4cccc5ccccc45)cc(N(c4ccccc4)c4ccccc4)c3)cc(-c3ccc4c(c3)c3ccccc3n4-c3cccc4ccccc34)c2)cc1. The molecule has 0 aliphatic carbocycles. The molecule has 4 heteroatoms. The largest absolute Gasteiger partial charge is 0.310 e. The van der Waals surface area contributed by atoms with Crippen LogP contribution in [0.15, 0.2) is 340 Å². The number of aromatic nitrogens is 2. The molecule has 87 heavy (non-hydrogen) atoms. The van der Waals surface area contributed by atoms with Gasteiger partial charge in [0.25, 0.3) is 0 Å². The summed E-state index contributed by atoms with van der Waals surface area (Å²) in [6, 6.07) is 120. The maximum absolute atomic E-state index is 3.36. The number of anilines is 6. The van der Waals surface area contributed by atoms with Crippen LogP contribution >= 0.6 is 0 Å². The second kappa shape index (κ2) is 22.6. The van der Waals surface area contributed by atoms with Gasteiger partial charge in [0.05, 0.1) is 33.4 Å². The first-order valence-electron chi connectivity index (χ1n) is 29.8. The van der Waals surface area contributed by atoms with Crippen molar-refractivity contribution in [2.45, 2.75) is 6.92 Å². The fraction of sp³-hybridized carbons (Fsp3) is 0.0120. The van der Waals surface area contributed by atoms with E-state index in [1.165, 1.54) is 76.5 Å². The molecule has 14 aromatic carbocycles. The molecule has 0 saturated carbocycles. The minimum Gasteiger partial charge on any atom is -0.310 e. The normalized spacial score (nSPS) is 11.3. The van der Waals surface area contributed by atoms with Gasteiger partial charge in [-0.3, -0.25) is 0 Å². The summed E-state index contributed by atoms with van der Waals surface area (Å²) in [5.74, 6) is 0. The Hall–Kier alpha value is -11.5. The van der Waals surface area contributed by atoms with Crippen LogP contribution in [-0.4, -0.2) is 9.13 Å². The Labute approximate surface area is 507 Å². The van der Waals surface area contributed by atoms with Crippen LogP contribution in [0.2, 0.25) is 0 Å². The van der Waals surface area contributed by atoms with Crippen LogP contribution in [0.25, 0.3) is 110 Å². The molecular weight excluding hydrogens is 1050 g/mol. The molecule has 2 aromatic heterocycles. The summed E-state index contributed by atoms with van der Waals surface area (Å²) in [7, 11) is 0. The Bertz CT molecular complexity index is 4780. The van der Waals surface area contributed by atoms with Gasteiger partial charge >= 0.3 is 0 Å². The molecule has 16 aromatic rings. The van der Waals surface area contributed by atoms with Crippen molar-refractivity contribution in [3.63, 3.8) is 0 Å². The summed E-state index contributed by atoms with van der Waals surface area (Å²) in [5.41, 5.74) is 20.1. The Morgan fingerprint density at radius 3 is 0.897 bits per heavy atom. The molecule has 0 aliphatic heterocycles. The molecule has 0 fully saturated rings. The molecular formula is C83H60N4. The zero-order valence-electron chi connectivity index (χ0n) is 48.3. The third kappa shape index (κ3) is 9.56. The van der Waals surface area contributed by atoms with Gasteiger partial charge < -0.3 is 18.9 Å². The highest BCUT2D eigenvalue weighted by Crippen LogP contribution is 2.46. The Morgan fingerprint density at radius 1 is 0.241 bits per heavy atom. The topological polar surface area (TPSA) is 16.3 Å². The third-order valence-electron chi connectivity index (χ3n) is 16.8. The third-order valence-corrected chi connectivity index (χ3v) is 16.8. The average molecular weight is 1110 g/mol. The Kier molecular flexibility index (Phi) is 13.6. The van der Waals surface area contributed by atoms with E-state index in [9.17, 15) is 0 Å². The predicted octanol–water partition coefficient (Wildman–Crippen LogP) is 23.3. The molecule has 4 nitrogen and oxygen atoms in total. The van der Waals surface area contributed by atoms with Crippen molar-refractivity contribution in [2.24, 2.45) is 0 Å². The summed E-state index contributed by atoms with van der Waals surface area (Å²) in [5, 5.41) is 9.71. The Morgan fingerprint density at radius 2 is 0.529 bits per heavy atom. The Balaban J connectivity index is 0.00000208. The molecule has 16 rings (SSSR count). The first kappa shape index (κ1) is 52.4. The molecule has 0 spiro atoms. The van der Waals surface area contributed by atoms with E-state index in [4.69, 9.17) is 0 Å². The van der Waals surface area contributed by atoms with Gasteiger partial charge in [-0.15, -0.1) is 6.58 Å². The summed E-state index contributed by atoms with van der Waals surface area (Å²) in [6.45, 7) is 5.25. The van der Waals surface area contributed by atoms with Gasteiger partial charge in [-0.2, -0.15) is 0 Å². The highest BCUT2D eigenvalue weighted by molar-refractivity contribution is 6.13. The standard InChI is InChI=1S/C80H54N4.C3H6/c1-5-27-63(28-6-1)81(64-29-7-2-8-30-64)67-49-59(57-43-45-79-73(53-57)71-37-17-19-39-77(71)83(79)75-41-21-25-55-23-13-15-35-69(55)75)47-61(51-67)62-48-60(50-68(52-62)82(65-31-9-3-10-32-65)66-33-11-4-12-34-66)58-44-46-80-74(54-58)72-38-18-20-40-78(72)84(80)76-42-22-26-56-24-14-16-36-70(56)76;1-3-2/h1-54H;3H,1H2,2H3. The van der Waals surface area contributed by atoms with E-state index in [2.05, 4.69) is 353 Å². The number of nitrogens with zero attached hydrogens (tertiary/aromatic N) is 4. The monoisotopic (exact) mass is 1110 g/mol. The molecule has 0 N–H and O–H groups in total. The van der Waals surface area contributed by atoms with E-state index in [-0.39, 0.29) is 0 Å². The molecule has 2 heterocycles. The summed E-state index contributed by atoms with van der Waals surface area (Å²) in [4.78, 5) is 4.78. The first-order chi connectivity index (χ1) is 43.1. The van der Waals surface area contributed by atoms with Crippen molar-refractivity contribution in [2.75, 3.05) is 9.80 Å². The van der Waals surface area contributed by atoms with E-state index < -0.39 is 0 Å². The fourth-order valence-electron chi connectivity index (χ4n) is 13.0. The fourth-order valence-corrected chi connectivity index (χ4v) is 13.0. The first-order valence-corrected chi connectivity index (χ1v) is 29.8. The number of benzene rings is 14. The van der Waals surface area contributed by atoms with Crippen LogP contribution in [-0.2, 0) is 0 Å². The average Bonchev–Trinajstić information content (AvgIpc) is 1.79. The van der Waals surface area contributed by atoms with Crippen LogP contribution in [0.5, 0.6) is 0 Å². The van der Waals surface area contributed by atoms with Gasteiger partial charge in [0, 0.05) is 66.4 Å². The van der Waals surface area contributed by atoms with Crippen LogP contribution in [0.4, 0.5) is 34.1 Å². The van der Waals surface area contributed by atoms with Crippen LogP contribution in [0.3, 0.4) is 0 Å². The zero-order valence-corrected chi connectivity index (χ0v) is 48.3. The summed E-state index contributed by atoms with van der Waals surface area (Å²) in [6.07, 6.45) is 1.75. The number of fused-ring (bicyclic) bond motifs is 8. The minimum atomic E-state index is 1.05. The predicted molar refractivity (Wildman–Crippen MR) is 372 cm³/mol. The van der Waals surface area contributed by atoms with Gasteiger partial charge in [-0.1, -0.05) is 200 Å². The van der Waals surface area contributed by atoms with E-state index in [0.717, 1.165) is 67.5 Å². The lowest BCUT2D eigenvalue weighted by Gasteiger charge is -2.28. The lowest BCUT2D eigenvalue weighted by atomic mass is 9.93. The highest BCUT2D eigenvalue weighted by atomic mass is 15.1. The van der Waals surface area contributed by atoms with Crippen molar-refractivity contribution in [1.29, 1.82) is 0 Å². The number of para-hydroxylation sites is 6. The van der Waals surface area contributed by atoms with Gasteiger partial charge in [-0.25, -0.2) is 0 Å². The zero-order chi connectivity index (χ0) is 58.2. The smallest absolute Gasteiger partial charge is 0.0541 e. The number of rotatable bonds is 11. The maximum Gasteiger partial charge on any atom is 0.0541 e. The van der Waals surface area contributed by atoms with Crippen molar-refractivity contribution >= 4 is 99.3 Å². The molecule has 0 amide bonds. The van der Waals surface area contributed by atoms with Gasteiger partial charge in [-0.05, 0) is 185 Å². The quantitative estimate of drug-likeness (QED) is 0.120. The molecule has 412 valence electrons. The molecule has 0 unspecified atom stereocenters. The van der Waals surface area contributed by atoms with Crippen molar-refractivity contribution in [3.8, 4) is 44.8 Å². The lowest BCUT2D eigenvalue weighted by molar-refractivity contribution is 1.20. The van der Waals surface area contributed by atoms with Crippen molar-refractivity contribution in [3.05, 3.63) is 340 Å². The van der Waals surface area contributed by atoms with Crippen molar-refractivity contribution < 1.29 is 0 Å². The summed E-state index contributed by atoms with van der Waals surface area (Å²) >= 11 is 0. The molecule has 0 bridgehead atoms. The minimum absolute atomic E-state index is 1.05. The van der Waals surface area contributed by atoms with Crippen molar-refractivity contribution in [1.82, 2.24) is 9.13 Å². The maximum atomic E-state index is 3.36. The van der Waals surface area contributed by atoms with Gasteiger partial charge in [0.15, 0.2) is 0 Å². The number of allylic oxidation sites excluding steroid dienone is 1. The van der Waals surface area contributed by atoms with Gasteiger partial charge in [0.2, 0.25) is 0 Å². The van der Waals surface area contributed by atoms with E-state index >= 15 is 0 Å². The van der Waals surface area contributed by atoms with Crippen LogP contribution in [0, 0.1) is 0 Å². The number of hydrogen-bond acceptors (Lipinski definition) is 2. The van der Waals surface area contributed by atoms with E-state index in [1.54, 1.807) is 6.08 Å². The highest BCUT2D eigenvalue weighted by Gasteiger charge is 2.22. The lowest BCUT2D eigenvalue weighted by Crippen LogP contribution is -2.11. The summed E-state index contributed by atoms with van der Waals surface area (Å²) < 4.78 is 4.89. The molecule has 0 aliphatic rings. The van der Waals surface area contributed by atoms with Crippen LogP contribution in [0.1, 0.15) is 6.92 Å². The van der Waals surface area contributed by atoms with E-state index in [1.807, 2.05) is 6.92 Å². The molecule has 0 saturated heterocycles. The molecule has 0 atom stereocenters. The number of hydrogen-bond donors (Lipinski definition) is 0. The van der Waals surface area contributed by atoms with Crippen LogP contribution < -0.4 is 9.80 Å². The second-order valence-corrected chi connectivity index (χ2v) is 22.1. The van der Waals surface area contributed by atoms with E-state index in [0.29, 0.717) is 0 Å². The molecule has 0 radical (unpaired) electrons.